The van der Waals surface area contributed by atoms with Crippen molar-refractivity contribution in [3.05, 3.63) is 18.0 Å². The molecule has 0 aromatic carbocycles. The van der Waals surface area contributed by atoms with Gasteiger partial charge < -0.3 is 5.32 Å². The van der Waals surface area contributed by atoms with Gasteiger partial charge in [-0.3, -0.25) is 4.68 Å². The van der Waals surface area contributed by atoms with E-state index < -0.39 is 0 Å². The van der Waals surface area contributed by atoms with Crippen LogP contribution in [0.1, 0.15) is 77.8 Å². The lowest BCUT2D eigenvalue weighted by Gasteiger charge is -2.05. The third kappa shape index (κ3) is 9.67. The van der Waals surface area contributed by atoms with E-state index in [0.29, 0.717) is 5.92 Å². The summed E-state index contributed by atoms with van der Waals surface area (Å²) < 4.78 is 2.10. The van der Waals surface area contributed by atoms with Crippen molar-refractivity contribution in [2.75, 3.05) is 6.54 Å². The average Bonchev–Trinajstić information content (AvgIpc) is 2.89. The molecule has 0 spiro atoms. The van der Waals surface area contributed by atoms with Crippen LogP contribution in [0.3, 0.4) is 0 Å². The Kier molecular flexibility index (Phi) is 10.2. The van der Waals surface area contributed by atoms with E-state index in [1.807, 2.05) is 0 Å². The number of aryl methyl sites for hydroxylation is 1. The Labute approximate surface area is 131 Å². The molecule has 0 atom stereocenters. The van der Waals surface area contributed by atoms with Crippen molar-refractivity contribution in [2.24, 2.45) is 5.92 Å². The molecule has 0 fully saturated rings. The highest BCUT2D eigenvalue weighted by Crippen LogP contribution is 2.09. The van der Waals surface area contributed by atoms with Gasteiger partial charge in [0.05, 0.1) is 5.69 Å². The van der Waals surface area contributed by atoms with Crippen molar-refractivity contribution in [3.8, 4) is 0 Å². The van der Waals surface area contributed by atoms with Crippen LogP contribution in [0.5, 0.6) is 0 Å². The predicted molar refractivity (Wildman–Crippen MR) is 91.4 cm³/mol. The van der Waals surface area contributed by atoms with Crippen LogP contribution in [0, 0.1) is 5.92 Å². The molecule has 1 N–H and O–H groups in total. The average molecular weight is 293 g/mol. The smallest absolute Gasteiger partial charge is 0.0762 e. The lowest BCUT2D eigenvalue weighted by Crippen LogP contribution is -2.19. The second-order valence-electron chi connectivity index (χ2n) is 6.57. The van der Waals surface area contributed by atoms with Crippen molar-refractivity contribution in [3.63, 3.8) is 0 Å². The van der Waals surface area contributed by atoms with E-state index in [1.54, 1.807) is 0 Å². The van der Waals surface area contributed by atoms with Gasteiger partial charge in [0.2, 0.25) is 0 Å². The Hall–Kier alpha value is -0.830. The van der Waals surface area contributed by atoms with Crippen LogP contribution in [0.25, 0.3) is 0 Å². The first kappa shape index (κ1) is 18.2. The van der Waals surface area contributed by atoms with Gasteiger partial charge >= 0.3 is 0 Å². The molecular formula is C18H35N3. The maximum Gasteiger partial charge on any atom is 0.0762 e. The van der Waals surface area contributed by atoms with Crippen molar-refractivity contribution >= 4 is 0 Å². The zero-order valence-electron chi connectivity index (χ0n) is 14.4. The Morgan fingerprint density at radius 2 is 1.71 bits per heavy atom. The molecule has 1 aromatic heterocycles. The standard InChI is InChI=1S/C18H35N3/c1-4-5-6-7-8-9-10-11-13-21-14-12-18(20-21)16-19-15-17(2)3/h12,14,17,19H,4-11,13,15-16H2,1-3H3. The molecule has 0 unspecified atom stereocenters. The van der Waals surface area contributed by atoms with Gasteiger partial charge in [-0.05, 0) is 24.9 Å². The normalized spacial score (nSPS) is 11.4. The van der Waals surface area contributed by atoms with Crippen molar-refractivity contribution in [1.29, 1.82) is 0 Å². The third-order valence-corrected chi connectivity index (χ3v) is 3.80. The van der Waals surface area contributed by atoms with Crippen LogP contribution in [-0.2, 0) is 13.1 Å². The zero-order valence-corrected chi connectivity index (χ0v) is 14.4. The Morgan fingerprint density at radius 3 is 2.38 bits per heavy atom. The molecule has 0 saturated heterocycles. The number of nitrogens with one attached hydrogen (secondary N) is 1. The first-order valence-electron chi connectivity index (χ1n) is 8.95. The minimum absolute atomic E-state index is 0.699. The molecule has 1 heterocycles. The van der Waals surface area contributed by atoms with Crippen LogP contribution in [0.15, 0.2) is 12.3 Å². The number of aromatic nitrogens is 2. The van der Waals surface area contributed by atoms with E-state index in [-0.39, 0.29) is 0 Å². The molecule has 0 radical (unpaired) electrons. The van der Waals surface area contributed by atoms with E-state index >= 15 is 0 Å². The summed E-state index contributed by atoms with van der Waals surface area (Å²) in [5, 5.41) is 8.06. The van der Waals surface area contributed by atoms with Crippen molar-refractivity contribution in [2.45, 2.75) is 85.2 Å². The molecule has 122 valence electrons. The van der Waals surface area contributed by atoms with E-state index in [9.17, 15) is 0 Å². The van der Waals surface area contributed by atoms with Crippen LogP contribution >= 0.6 is 0 Å². The first-order chi connectivity index (χ1) is 10.2. The highest BCUT2D eigenvalue weighted by atomic mass is 15.3. The molecule has 3 heteroatoms. The van der Waals surface area contributed by atoms with Gasteiger partial charge in [0.15, 0.2) is 0 Å². The van der Waals surface area contributed by atoms with Gasteiger partial charge in [0, 0.05) is 19.3 Å². The molecule has 0 aliphatic carbocycles. The van der Waals surface area contributed by atoms with E-state index in [1.165, 1.54) is 51.4 Å². The number of rotatable bonds is 13. The number of unbranched alkanes of at least 4 members (excludes halogenated alkanes) is 7. The van der Waals surface area contributed by atoms with E-state index in [2.05, 4.69) is 48.1 Å². The minimum atomic E-state index is 0.699. The minimum Gasteiger partial charge on any atom is -0.311 e. The summed E-state index contributed by atoms with van der Waals surface area (Å²) in [5.74, 6) is 0.699. The topological polar surface area (TPSA) is 29.9 Å². The van der Waals surface area contributed by atoms with Crippen LogP contribution in [-0.4, -0.2) is 16.3 Å². The lowest BCUT2D eigenvalue weighted by atomic mass is 10.1. The molecule has 1 aromatic rings. The molecule has 1 rings (SSSR count). The molecule has 3 nitrogen and oxygen atoms in total. The fourth-order valence-corrected chi connectivity index (χ4v) is 2.52. The SMILES string of the molecule is CCCCCCCCCCn1ccc(CNCC(C)C)n1. The molecule has 0 aliphatic heterocycles. The monoisotopic (exact) mass is 293 g/mol. The maximum absolute atomic E-state index is 4.62. The molecule has 0 bridgehead atoms. The highest BCUT2D eigenvalue weighted by Gasteiger charge is 2.00. The Bertz CT molecular complexity index is 344. The Balaban J connectivity index is 2.01. The predicted octanol–water partition coefficient (Wildman–Crippen LogP) is 4.77. The largest absolute Gasteiger partial charge is 0.311 e. The molecule has 0 aliphatic rings. The Morgan fingerprint density at radius 1 is 1.05 bits per heavy atom. The van der Waals surface area contributed by atoms with Crippen LogP contribution in [0.4, 0.5) is 0 Å². The number of hydrogen-bond donors (Lipinski definition) is 1. The van der Waals surface area contributed by atoms with Gasteiger partial charge in [0.1, 0.15) is 0 Å². The van der Waals surface area contributed by atoms with Gasteiger partial charge in [-0.1, -0.05) is 65.7 Å². The van der Waals surface area contributed by atoms with Gasteiger partial charge in [-0.15, -0.1) is 0 Å². The molecule has 0 saturated carbocycles. The zero-order chi connectivity index (χ0) is 15.3. The third-order valence-electron chi connectivity index (χ3n) is 3.80. The lowest BCUT2D eigenvalue weighted by molar-refractivity contribution is 0.509. The summed E-state index contributed by atoms with van der Waals surface area (Å²) in [5.41, 5.74) is 1.16. The van der Waals surface area contributed by atoms with Gasteiger partial charge in [0.25, 0.3) is 0 Å². The quantitative estimate of drug-likeness (QED) is 0.531. The summed E-state index contributed by atoms with van der Waals surface area (Å²) in [6, 6.07) is 2.14. The summed E-state index contributed by atoms with van der Waals surface area (Å²) in [6.07, 6.45) is 13.1. The number of hydrogen-bond acceptors (Lipinski definition) is 2. The first-order valence-corrected chi connectivity index (χ1v) is 8.95. The van der Waals surface area contributed by atoms with Crippen molar-refractivity contribution in [1.82, 2.24) is 15.1 Å². The summed E-state index contributed by atoms with van der Waals surface area (Å²) in [7, 11) is 0. The second-order valence-corrected chi connectivity index (χ2v) is 6.57. The van der Waals surface area contributed by atoms with Gasteiger partial charge in [-0.2, -0.15) is 5.10 Å². The fraction of sp³-hybridized carbons (Fsp3) is 0.833. The molecule has 0 amide bonds. The van der Waals surface area contributed by atoms with Crippen LogP contribution < -0.4 is 5.32 Å². The highest BCUT2D eigenvalue weighted by molar-refractivity contribution is 4.98. The molecule has 21 heavy (non-hydrogen) atoms. The summed E-state index contributed by atoms with van der Waals surface area (Å²) in [4.78, 5) is 0. The van der Waals surface area contributed by atoms with E-state index in [4.69, 9.17) is 0 Å². The van der Waals surface area contributed by atoms with Crippen molar-refractivity contribution < 1.29 is 0 Å². The van der Waals surface area contributed by atoms with Gasteiger partial charge in [-0.25, -0.2) is 0 Å². The summed E-state index contributed by atoms with van der Waals surface area (Å²) >= 11 is 0. The number of nitrogens with zero attached hydrogens (tertiary/aromatic N) is 2. The second kappa shape index (κ2) is 11.8. The van der Waals surface area contributed by atoms with E-state index in [0.717, 1.165) is 25.3 Å². The maximum atomic E-state index is 4.62. The van der Waals surface area contributed by atoms with Crippen LogP contribution in [0.2, 0.25) is 0 Å². The summed E-state index contributed by atoms with van der Waals surface area (Å²) in [6.45, 7) is 9.76. The molecular weight excluding hydrogens is 258 g/mol. The fourth-order valence-electron chi connectivity index (χ4n) is 2.52.